The van der Waals surface area contributed by atoms with Gasteiger partial charge in [-0.25, -0.2) is 15.0 Å². The van der Waals surface area contributed by atoms with E-state index in [2.05, 4.69) is 52.7 Å². The topological polar surface area (TPSA) is 116 Å². The molecule has 30 heavy (non-hydrogen) atoms. The average molecular weight is 403 g/mol. The molecule has 3 aromatic rings. The largest absolute Gasteiger partial charge is 0.341 e. The third-order valence-electron chi connectivity index (χ3n) is 5.58. The summed E-state index contributed by atoms with van der Waals surface area (Å²) in [5.74, 6) is 1.09. The number of carbonyl (C=O) groups excluding carboxylic acids is 1. The Hall–Kier alpha value is -3.69. The number of hydrogen-bond acceptors (Lipinski definition) is 8. The van der Waals surface area contributed by atoms with Gasteiger partial charge in [0.15, 0.2) is 0 Å². The van der Waals surface area contributed by atoms with Crippen LogP contribution in [0.2, 0.25) is 0 Å². The van der Waals surface area contributed by atoms with Crippen LogP contribution in [0.4, 0.5) is 5.95 Å². The van der Waals surface area contributed by atoms with Gasteiger partial charge in [-0.2, -0.15) is 10.3 Å². The fraction of sp³-hybridized carbons (Fsp3) is 0.350. The molecule has 10 heteroatoms. The number of amides is 1. The highest BCUT2D eigenvalue weighted by Crippen LogP contribution is 2.32. The van der Waals surface area contributed by atoms with Crippen molar-refractivity contribution in [3.8, 4) is 11.5 Å². The summed E-state index contributed by atoms with van der Waals surface area (Å²) in [5.41, 5.74) is 1.73. The second-order valence-electron chi connectivity index (χ2n) is 7.38. The van der Waals surface area contributed by atoms with E-state index in [1.54, 1.807) is 17.3 Å². The molecule has 1 fully saturated rings. The highest BCUT2D eigenvalue weighted by Gasteiger charge is 2.35. The number of aromatic nitrogens is 6. The minimum atomic E-state index is -0.0527. The van der Waals surface area contributed by atoms with Gasteiger partial charge in [-0.3, -0.25) is 4.79 Å². The Morgan fingerprint density at radius 1 is 1.10 bits per heavy atom. The fourth-order valence-corrected chi connectivity index (χ4v) is 3.99. The number of H-pyrrole nitrogens is 1. The molecule has 0 radical (unpaired) electrons. The zero-order valence-corrected chi connectivity index (χ0v) is 16.3. The minimum Gasteiger partial charge on any atom is -0.341 e. The van der Waals surface area contributed by atoms with E-state index in [-0.39, 0.29) is 17.9 Å². The second kappa shape index (κ2) is 7.97. The monoisotopic (exact) mass is 403 g/mol. The first-order valence-electron chi connectivity index (χ1n) is 10.0. The Balaban J connectivity index is 1.24. The zero-order valence-electron chi connectivity index (χ0n) is 16.3. The normalized spacial score (nSPS) is 19.4. The standard InChI is InChI=1S/C20H21N9O/c30-19(29-17(7-11-22-29)14-4-2-1-3-5-14)15-8-12-28(13-9-15)20-21-10-6-16(23-20)18-24-26-27-25-18/h1-6,10-11,15,17H,7-9,12-13H2,(H,24,25,26,27). The van der Waals surface area contributed by atoms with Crippen LogP contribution in [0.25, 0.3) is 11.5 Å². The van der Waals surface area contributed by atoms with Gasteiger partial charge in [0.1, 0.15) is 5.69 Å². The molecule has 2 aromatic heterocycles. The lowest BCUT2D eigenvalue weighted by molar-refractivity contribution is -0.138. The summed E-state index contributed by atoms with van der Waals surface area (Å²) in [7, 11) is 0. The predicted molar refractivity (Wildman–Crippen MR) is 109 cm³/mol. The summed E-state index contributed by atoms with van der Waals surface area (Å²) in [6, 6.07) is 11.8. The Morgan fingerprint density at radius 3 is 2.70 bits per heavy atom. The number of piperidine rings is 1. The quantitative estimate of drug-likeness (QED) is 0.706. The van der Waals surface area contributed by atoms with Crippen molar-refractivity contribution in [2.24, 2.45) is 11.0 Å². The minimum absolute atomic E-state index is 0.00768. The van der Waals surface area contributed by atoms with E-state index in [1.807, 2.05) is 24.4 Å². The molecule has 2 aliphatic heterocycles. The van der Waals surface area contributed by atoms with E-state index in [4.69, 9.17) is 0 Å². The summed E-state index contributed by atoms with van der Waals surface area (Å²) in [6.07, 6.45) is 5.76. The molecule has 2 aliphatic rings. The molecule has 1 saturated heterocycles. The Morgan fingerprint density at radius 2 is 1.93 bits per heavy atom. The number of nitrogens with zero attached hydrogens (tertiary/aromatic N) is 8. The molecule has 4 heterocycles. The maximum absolute atomic E-state index is 13.2. The van der Waals surface area contributed by atoms with E-state index >= 15 is 0 Å². The lowest BCUT2D eigenvalue weighted by atomic mass is 9.94. The van der Waals surface area contributed by atoms with Gasteiger partial charge in [-0.1, -0.05) is 30.3 Å². The molecule has 152 valence electrons. The Bertz CT molecular complexity index is 1030. The number of nitrogens with one attached hydrogen (secondary N) is 1. The molecular weight excluding hydrogens is 382 g/mol. The summed E-state index contributed by atoms with van der Waals surface area (Å²) >= 11 is 0. The first-order valence-corrected chi connectivity index (χ1v) is 10.0. The van der Waals surface area contributed by atoms with Gasteiger partial charge in [-0.15, -0.1) is 10.2 Å². The van der Waals surface area contributed by atoms with E-state index in [9.17, 15) is 4.79 Å². The lowest BCUT2D eigenvalue weighted by Crippen LogP contribution is -2.41. The van der Waals surface area contributed by atoms with E-state index in [1.165, 1.54) is 0 Å². The predicted octanol–water partition coefficient (Wildman–Crippen LogP) is 1.83. The molecule has 1 atom stereocenters. The number of anilines is 1. The van der Waals surface area contributed by atoms with Gasteiger partial charge in [-0.05, 0) is 29.7 Å². The molecule has 1 aromatic carbocycles. The van der Waals surface area contributed by atoms with Crippen LogP contribution in [0.15, 0.2) is 47.7 Å². The van der Waals surface area contributed by atoms with Crippen LogP contribution in [0.1, 0.15) is 30.9 Å². The van der Waals surface area contributed by atoms with E-state index in [0.29, 0.717) is 30.6 Å². The first kappa shape index (κ1) is 18.3. The molecule has 1 unspecified atom stereocenters. The van der Waals surface area contributed by atoms with Crippen molar-refractivity contribution in [1.29, 1.82) is 0 Å². The SMILES string of the molecule is O=C(C1CCN(c2nccc(-c3nn[nH]n3)n2)CC1)N1N=CCC1c1ccccc1. The van der Waals surface area contributed by atoms with E-state index < -0.39 is 0 Å². The maximum atomic E-state index is 13.2. The van der Waals surface area contributed by atoms with Gasteiger partial charge in [0.25, 0.3) is 0 Å². The fourth-order valence-electron chi connectivity index (χ4n) is 3.99. The highest BCUT2D eigenvalue weighted by atomic mass is 16.2. The summed E-state index contributed by atoms with van der Waals surface area (Å²) in [6.45, 7) is 1.42. The third kappa shape index (κ3) is 3.51. The number of hydrazone groups is 1. The average Bonchev–Trinajstić information content (AvgIpc) is 3.52. The van der Waals surface area contributed by atoms with Crippen LogP contribution in [-0.2, 0) is 4.79 Å². The van der Waals surface area contributed by atoms with Crippen molar-refractivity contribution in [3.63, 3.8) is 0 Å². The van der Waals surface area contributed by atoms with Crippen molar-refractivity contribution in [1.82, 2.24) is 35.6 Å². The molecule has 1 amide bonds. The van der Waals surface area contributed by atoms with Crippen LogP contribution in [-0.4, -0.2) is 60.8 Å². The number of benzene rings is 1. The van der Waals surface area contributed by atoms with Crippen molar-refractivity contribution in [2.75, 3.05) is 18.0 Å². The van der Waals surface area contributed by atoms with Crippen molar-refractivity contribution in [2.45, 2.75) is 25.3 Å². The molecule has 0 aliphatic carbocycles. The molecule has 0 saturated carbocycles. The number of aromatic amines is 1. The lowest BCUT2D eigenvalue weighted by Gasteiger charge is -2.33. The number of rotatable bonds is 4. The molecule has 10 nitrogen and oxygen atoms in total. The summed E-state index contributed by atoms with van der Waals surface area (Å²) < 4.78 is 0. The van der Waals surface area contributed by atoms with Crippen LogP contribution in [0, 0.1) is 5.92 Å². The maximum Gasteiger partial charge on any atom is 0.246 e. The third-order valence-corrected chi connectivity index (χ3v) is 5.58. The highest BCUT2D eigenvalue weighted by molar-refractivity contribution is 5.82. The van der Waals surface area contributed by atoms with Crippen molar-refractivity contribution < 1.29 is 4.79 Å². The van der Waals surface area contributed by atoms with Crippen molar-refractivity contribution >= 4 is 18.1 Å². The number of carbonyl (C=O) groups is 1. The van der Waals surface area contributed by atoms with E-state index in [0.717, 1.165) is 24.8 Å². The van der Waals surface area contributed by atoms with Gasteiger partial charge >= 0.3 is 0 Å². The van der Waals surface area contributed by atoms with Crippen LogP contribution < -0.4 is 4.90 Å². The molecule has 5 rings (SSSR count). The molecule has 1 N–H and O–H groups in total. The van der Waals surface area contributed by atoms with Crippen LogP contribution in [0.5, 0.6) is 0 Å². The molecule has 0 spiro atoms. The summed E-state index contributed by atoms with van der Waals surface area (Å²) in [5, 5.41) is 20.0. The van der Waals surface area contributed by atoms with Gasteiger partial charge < -0.3 is 4.90 Å². The number of tetrazole rings is 1. The molecule has 0 bridgehead atoms. The number of hydrogen-bond donors (Lipinski definition) is 1. The first-order chi connectivity index (χ1) is 14.8. The Kier molecular flexibility index (Phi) is 4.88. The van der Waals surface area contributed by atoms with Crippen LogP contribution in [0.3, 0.4) is 0 Å². The Labute approximate surface area is 173 Å². The van der Waals surface area contributed by atoms with Crippen LogP contribution >= 0.6 is 0 Å². The van der Waals surface area contributed by atoms with Gasteiger partial charge in [0, 0.05) is 37.8 Å². The second-order valence-corrected chi connectivity index (χ2v) is 7.38. The molecular formula is C20H21N9O. The zero-order chi connectivity index (χ0) is 20.3. The van der Waals surface area contributed by atoms with Gasteiger partial charge in [0.2, 0.25) is 17.7 Å². The van der Waals surface area contributed by atoms with Crippen molar-refractivity contribution in [3.05, 3.63) is 48.2 Å². The summed E-state index contributed by atoms with van der Waals surface area (Å²) in [4.78, 5) is 24.2. The smallest absolute Gasteiger partial charge is 0.246 e. The van der Waals surface area contributed by atoms with Gasteiger partial charge in [0.05, 0.1) is 6.04 Å².